The van der Waals surface area contributed by atoms with Gasteiger partial charge in [-0.15, -0.1) is 0 Å². The maximum atomic E-state index is 13.0. The number of carbonyl (C=O) groups is 1. The van der Waals surface area contributed by atoms with Gasteiger partial charge in [0.2, 0.25) is 0 Å². The molecule has 156 valence electrons. The van der Waals surface area contributed by atoms with Gasteiger partial charge < -0.3 is 15.0 Å². The average Bonchev–Trinajstić information content (AvgIpc) is 2.79. The van der Waals surface area contributed by atoms with Crippen molar-refractivity contribution in [2.75, 3.05) is 33.3 Å². The first-order valence-electron chi connectivity index (χ1n) is 10.5. The second kappa shape index (κ2) is 9.26. The standard InChI is InChI=1S/C25H27FN2O2/c1-30-22-10-7-18-3-2-4-23(24(18)17-22)19-11-14-28(15-12-19)16-13-27-25(29)20-5-8-21(26)9-6-20/h2-10,17,19H,11-16H2,1H3,(H,27,29). The molecule has 0 radical (unpaired) electrons. The highest BCUT2D eigenvalue weighted by Gasteiger charge is 2.22. The lowest BCUT2D eigenvalue weighted by molar-refractivity contribution is 0.0945. The number of methoxy groups -OCH3 is 1. The topological polar surface area (TPSA) is 41.6 Å². The van der Waals surface area contributed by atoms with Gasteiger partial charge in [-0.05, 0) is 84.6 Å². The summed E-state index contributed by atoms with van der Waals surface area (Å²) in [5, 5.41) is 5.46. The van der Waals surface area contributed by atoms with E-state index in [9.17, 15) is 9.18 Å². The molecule has 3 aromatic carbocycles. The molecular formula is C25H27FN2O2. The van der Waals surface area contributed by atoms with Crippen LogP contribution >= 0.6 is 0 Å². The van der Waals surface area contributed by atoms with Gasteiger partial charge in [0, 0.05) is 18.7 Å². The zero-order chi connectivity index (χ0) is 20.9. The van der Waals surface area contributed by atoms with E-state index in [0.29, 0.717) is 18.0 Å². The van der Waals surface area contributed by atoms with E-state index in [0.717, 1.165) is 38.2 Å². The Hall–Kier alpha value is -2.92. The van der Waals surface area contributed by atoms with Gasteiger partial charge in [-0.25, -0.2) is 4.39 Å². The van der Waals surface area contributed by atoms with Gasteiger partial charge in [0.25, 0.3) is 5.91 Å². The van der Waals surface area contributed by atoms with E-state index >= 15 is 0 Å². The fourth-order valence-electron chi connectivity index (χ4n) is 4.26. The van der Waals surface area contributed by atoms with Crippen LogP contribution in [-0.4, -0.2) is 44.1 Å². The summed E-state index contributed by atoms with van der Waals surface area (Å²) < 4.78 is 18.4. The predicted octanol–water partition coefficient (Wildman–Crippen LogP) is 4.60. The van der Waals surface area contributed by atoms with Crippen LogP contribution in [0.1, 0.15) is 34.7 Å². The van der Waals surface area contributed by atoms with E-state index < -0.39 is 0 Å². The number of amides is 1. The van der Waals surface area contributed by atoms with Crippen molar-refractivity contribution in [2.45, 2.75) is 18.8 Å². The van der Waals surface area contributed by atoms with Crippen LogP contribution in [0.5, 0.6) is 5.75 Å². The zero-order valence-electron chi connectivity index (χ0n) is 17.2. The van der Waals surface area contributed by atoms with Crippen LogP contribution in [0.3, 0.4) is 0 Å². The number of nitrogens with one attached hydrogen (secondary N) is 1. The van der Waals surface area contributed by atoms with E-state index in [1.165, 1.54) is 40.6 Å². The maximum Gasteiger partial charge on any atom is 0.251 e. The summed E-state index contributed by atoms with van der Waals surface area (Å²) in [5.74, 6) is 0.934. The van der Waals surface area contributed by atoms with E-state index in [1.54, 1.807) is 7.11 Å². The molecule has 3 aromatic rings. The van der Waals surface area contributed by atoms with Gasteiger partial charge in [-0.1, -0.05) is 24.3 Å². The molecule has 1 aliphatic rings. The molecule has 4 rings (SSSR count). The Morgan fingerprint density at radius 2 is 1.87 bits per heavy atom. The molecule has 0 aliphatic carbocycles. The van der Waals surface area contributed by atoms with Gasteiger partial charge in [0.1, 0.15) is 11.6 Å². The Kier molecular flexibility index (Phi) is 6.29. The molecular weight excluding hydrogens is 379 g/mol. The highest BCUT2D eigenvalue weighted by molar-refractivity contribution is 5.94. The van der Waals surface area contributed by atoms with Crippen LogP contribution in [0.4, 0.5) is 4.39 Å². The van der Waals surface area contributed by atoms with E-state index in [-0.39, 0.29) is 11.7 Å². The molecule has 1 heterocycles. The Balaban J connectivity index is 1.30. The van der Waals surface area contributed by atoms with Crippen molar-refractivity contribution in [1.29, 1.82) is 0 Å². The summed E-state index contributed by atoms with van der Waals surface area (Å²) in [5.41, 5.74) is 1.89. The smallest absolute Gasteiger partial charge is 0.251 e. The first-order chi connectivity index (χ1) is 14.6. The van der Waals surface area contributed by atoms with Gasteiger partial charge in [0.05, 0.1) is 7.11 Å². The van der Waals surface area contributed by atoms with Crippen LogP contribution in [0, 0.1) is 5.82 Å². The summed E-state index contributed by atoms with van der Waals surface area (Å²) in [6.45, 7) is 3.43. The van der Waals surface area contributed by atoms with E-state index in [1.807, 2.05) is 6.07 Å². The molecule has 1 saturated heterocycles. The lowest BCUT2D eigenvalue weighted by Gasteiger charge is -2.32. The lowest BCUT2D eigenvalue weighted by Crippen LogP contribution is -2.39. The van der Waals surface area contributed by atoms with Crippen molar-refractivity contribution in [1.82, 2.24) is 10.2 Å². The second-order valence-electron chi connectivity index (χ2n) is 7.81. The normalized spacial score (nSPS) is 15.3. The third-order valence-electron chi connectivity index (χ3n) is 5.97. The largest absolute Gasteiger partial charge is 0.497 e. The number of fused-ring (bicyclic) bond motifs is 1. The van der Waals surface area contributed by atoms with Crippen molar-refractivity contribution in [3.63, 3.8) is 0 Å². The molecule has 1 aliphatic heterocycles. The Labute approximate surface area is 176 Å². The van der Waals surface area contributed by atoms with E-state index in [4.69, 9.17) is 4.74 Å². The molecule has 5 heteroatoms. The van der Waals surface area contributed by atoms with Crippen molar-refractivity contribution < 1.29 is 13.9 Å². The highest BCUT2D eigenvalue weighted by atomic mass is 19.1. The van der Waals surface area contributed by atoms with Gasteiger partial charge >= 0.3 is 0 Å². The van der Waals surface area contributed by atoms with Crippen LogP contribution < -0.4 is 10.1 Å². The summed E-state index contributed by atoms with van der Waals surface area (Å²) in [6.07, 6.45) is 2.20. The summed E-state index contributed by atoms with van der Waals surface area (Å²) >= 11 is 0. The molecule has 0 atom stereocenters. The lowest BCUT2D eigenvalue weighted by atomic mass is 9.86. The third-order valence-corrected chi connectivity index (χ3v) is 5.97. The molecule has 1 amide bonds. The molecule has 0 aromatic heterocycles. The maximum absolute atomic E-state index is 13.0. The van der Waals surface area contributed by atoms with Gasteiger partial charge in [-0.3, -0.25) is 4.79 Å². The van der Waals surface area contributed by atoms with Crippen molar-refractivity contribution in [3.05, 3.63) is 77.6 Å². The molecule has 0 spiro atoms. The van der Waals surface area contributed by atoms with Gasteiger partial charge in [-0.2, -0.15) is 0 Å². The number of rotatable bonds is 6. The molecule has 0 saturated carbocycles. The monoisotopic (exact) mass is 406 g/mol. The summed E-state index contributed by atoms with van der Waals surface area (Å²) in [4.78, 5) is 14.5. The van der Waals surface area contributed by atoms with Crippen molar-refractivity contribution in [3.8, 4) is 5.75 Å². The Bertz CT molecular complexity index is 1010. The minimum atomic E-state index is -0.334. The number of nitrogens with zero attached hydrogens (tertiary/aromatic N) is 1. The number of halogens is 1. The Morgan fingerprint density at radius 3 is 2.60 bits per heavy atom. The average molecular weight is 407 g/mol. The number of piperidine rings is 1. The first kappa shape index (κ1) is 20.4. The molecule has 4 nitrogen and oxygen atoms in total. The van der Waals surface area contributed by atoms with Crippen LogP contribution in [0.15, 0.2) is 60.7 Å². The number of likely N-dealkylation sites (tertiary alicyclic amines) is 1. The highest BCUT2D eigenvalue weighted by Crippen LogP contribution is 2.34. The molecule has 0 bridgehead atoms. The third kappa shape index (κ3) is 4.62. The second-order valence-corrected chi connectivity index (χ2v) is 7.81. The molecule has 0 unspecified atom stereocenters. The zero-order valence-corrected chi connectivity index (χ0v) is 17.2. The van der Waals surface area contributed by atoms with E-state index in [2.05, 4.69) is 40.5 Å². The number of hydrogen-bond donors (Lipinski definition) is 1. The SMILES string of the molecule is COc1ccc2cccc(C3CCN(CCNC(=O)c4ccc(F)cc4)CC3)c2c1. The van der Waals surface area contributed by atoms with Crippen molar-refractivity contribution in [2.24, 2.45) is 0 Å². The van der Waals surface area contributed by atoms with Gasteiger partial charge in [0.15, 0.2) is 0 Å². The Morgan fingerprint density at radius 1 is 1.10 bits per heavy atom. The fraction of sp³-hybridized carbons (Fsp3) is 0.320. The molecule has 1 N–H and O–H groups in total. The number of benzene rings is 3. The summed E-state index contributed by atoms with van der Waals surface area (Å²) in [7, 11) is 1.71. The van der Waals surface area contributed by atoms with Crippen molar-refractivity contribution >= 4 is 16.7 Å². The number of carbonyl (C=O) groups excluding carboxylic acids is 1. The van der Waals surface area contributed by atoms with Crippen LogP contribution in [0.25, 0.3) is 10.8 Å². The molecule has 1 fully saturated rings. The first-order valence-corrected chi connectivity index (χ1v) is 10.5. The minimum absolute atomic E-state index is 0.158. The van der Waals surface area contributed by atoms with Crippen LogP contribution in [-0.2, 0) is 0 Å². The minimum Gasteiger partial charge on any atom is -0.497 e. The summed E-state index contributed by atoms with van der Waals surface area (Å²) in [6, 6.07) is 18.4. The van der Waals surface area contributed by atoms with Crippen LogP contribution in [0.2, 0.25) is 0 Å². The predicted molar refractivity (Wildman–Crippen MR) is 118 cm³/mol. The number of hydrogen-bond acceptors (Lipinski definition) is 3. The number of ether oxygens (including phenoxy) is 1. The quantitative estimate of drug-likeness (QED) is 0.651. The molecule has 30 heavy (non-hydrogen) atoms. The fourth-order valence-corrected chi connectivity index (χ4v) is 4.26.